The largest absolute Gasteiger partial charge is 0.485 e. The summed E-state index contributed by atoms with van der Waals surface area (Å²) in [6.45, 7) is 2.59. The van der Waals surface area contributed by atoms with E-state index in [4.69, 9.17) is 4.74 Å². The van der Waals surface area contributed by atoms with E-state index in [2.05, 4.69) is 5.32 Å². The zero-order chi connectivity index (χ0) is 19.0. The molecule has 0 radical (unpaired) electrons. The van der Waals surface area contributed by atoms with Crippen molar-refractivity contribution in [2.75, 3.05) is 6.54 Å². The monoisotopic (exact) mass is 425 g/mol. The van der Waals surface area contributed by atoms with Crippen LogP contribution in [0.4, 0.5) is 4.39 Å². The molecule has 2 aliphatic carbocycles. The second-order valence-electron chi connectivity index (χ2n) is 7.46. The Kier molecular flexibility index (Phi) is 6.76. The van der Waals surface area contributed by atoms with Crippen molar-refractivity contribution in [2.24, 2.45) is 5.92 Å². The van der Waals surface area contributed by atoms with Crippen LogP contribution in [0.25, 0.3) is 0 Å². The van der Waals surface area contributed by atoms with Crippen molar-refractivity contribution in [1.82, 2.24) is 5.32 Å². The second-order valence-corrected chi connectivity index (χ2v) is 8.80. The van der Waals surface area contributed by atoms with Gasteiger partial charge in [-0.15, -0.1) is 23.7 Å². The van der Waals surface area contributed by atoms with Gasteiger partial charge in [-0.2, -0.15) is 0 Å². The molecule has 4 nitrogen and oxygen atoms in total. The van der Waals surface area contributed by atoms with Gasteiger partial charge in [0.25, 0.3) is 0 Å². The molecule has 1 aromatic carbocycles. The van der Waals surface area contributed by atoms with Crippen molar-refractivity contribution in [3.05, 3.63) is 51.5 Å². The van der Waals surface area contributed by atoms with Crippen LogP contribution in [0.2, 0.25) is 0 Å². The van der Waals surface area contributed by atoms with Gasteiger partial charge >= 0.3 is 0 Å². The number of ether oxygens (including phenoxy) is 1. The van der Waals surface area contributed by atoms with Gasteiger partial charge in [-0.3, -0.25) is 4.79 Å². The third kappa shape index (κ3) is 4.25. The quantitative estimate of drug-likeness (QED) is 0.762. The van der Waals surface area contributed by atoms with Crippen molar-refractivity contribution in [3.8, 4) is 5.75 Å². The van der Waals surface area contributed by atoms with Crippen LogP contribution in [0.1, 0.15) is 39.4 Å². The number of aliphatic hydroxyl groups excluding tert-OH is 1. The summed E-state index contributed by atoms with van der Waals surface area (Å²) >= 11 is 1.71. The number of fused-ring (bicyclic) bond motifs is 1. The SMILES string of the molecule is Cc1cc2c(s1)CCC(CNC1CCC(Oc3ccccc3F)C1O)C2=O.Cl. The van der Waals surface area contributed by atoms with E-state index in [-0.39, 0.29) is 35.9 Å². The molecule has 0 bridgehead atoms. The summed E-state index contributed by atoms with van der Waals surface area (Å²) in [6.07, 6.45) is 2.02. The second kappa shape index (κ2) is 8.91. The highest BCUT2D eigenvalue weighted by Gasteiger charge is 2.37. The predicted octanol–water partition coefficient (Wildman–Crippen LogP) is 3.92. The van der Waals surface area contributed by atoms with Crippen LogP contribution in [0, 0.1) is 18.7 Å². The number of aliphatic hydroxyl groups is 1. The summed E-state index contributed by atoms with van der Waals surface area (Å²) in [5, 5.41) is 13.9. The number of Topliss-reactive ketones (excluding diaryl/α,β-unsaturated/α-hetero) is 1. The molecular formula is C21H25ClFNO3S. The van der Waals surface area contributed by atoms with Gasteiger partial charge in [0.2, 0.25) is 0 Å². The van der Waals surface area contributed by atoms with Gasteiger partial charge in [0.05, 0.1) is 0 Å². The first-order valence-corrected chi connectivity index (χ1v) is 10.3. The number of aryl methyl sites for hydroxylation is 2. The summed E-state index contributed by atoms with van der Waals surface area (Å²) in [7, 11) is 0. The van der Waals surface area contributed by atoms with Crippen molar-refractivity contribution < 1.29 is 19.0 Å². The van der Waals surface area contributed by atoms with Crippen LogP contribution in [0.15, 0.2) is 30.3 Å². The first kappa shape index (κ1) is 21.2. The van der Waals surface area contributed by atoms with E-state index in [1.807, 2.05) is 13.0 Å². The minimum absolute atomic E-state index is 0. The molecule has 4 rings (SSSR count). The molecule has 1 heterocycles. The Morgan fingerprint density at radius 3 is 2.86 bits per heavy atom. The lowest BCUT2D eigenvalue weighted by molar-refractivity contribution is 0.0421. The third-order valence-electron chi connectivity index (χ3n) is 5.59. The smallest absolute Gasteiger partial charge is 0.168 e. The summed E-state index contributed by atoms with van der Waals surface area (Å²) < 4.78 is 19.4. The Hall–Kier alpha value is -1.47. The summed E-state index contributed by atoms with van der Waals surface area (Å²) in [4.78, 5) is 15.1. The van der Waals surface area contributed by atoms with Crippen LogP contribution in [0.3, 0.4) is 0 Å². The van der Waals surface area contributed by atoms with E-state index in [9.17, 15) is 14.3 Å². The molecular weight excluding hydrogens is 401 g/mol. The third-order valence-corrected chi connectivity index (χ3v) is 6.70. The number of halogens is 2. The molecule has 4 atom stereocenters. The van der Waals surface area contributed by atoms with Gasteiger partial charge in [-0.05, 0) is 50.8 Å². The Labute approximate surface area is 174 Å². The van der Waals surface area contributed by atoms with E-state index in [0.29, 0.717) is 13.0 Å². The van der Waals surface area contributed by atoms with E-state index >= 15 is 0 Å². The van der Waals surface area contributed by atoms with Crippen LogP contribution in [-0.4, -0.2) is 35.7 Å². The molecule has 7 heteroatoms. The Balaban J connectivity index is 0.00000225. The number of hydrogen-bond acceptors (Lipinski definition) is 5. The van der Waals surface area contributed by atoms with E-state index in [1.54, 1.807) is 29.5 Å². The zero-order valence-corrected chi connectivity index (χ0v) is 17.3. The van der Waals surface area contributed by atoms with E-state index in [0.717, 1.165) is 24.8 Å². The maximum Gasteiger partial charge on any atom is 0.168 e. The van der Waals surface area contributed by atoms with Gasteiger partial charge in [-0.1, -0.05) is 12.1 Å². The molecule has 2 N–H and O–H groups in total. The fourth-order valence-corrected chi connectivity index (χ4v) is 5.16. The minimum atomic E-state index is -0.720. The highest BCUT2D eigenvalue weighted by Crippen LogP contribution is 2.32. The number of ketones is 1. The number of thiophene rings is 1. The maximum absolute atomic E-state index is 13.8. The van der Waals surface area contributed by atoms with Gasteiger partial charge in [0.1, 0.15) is 12.2 Å². The normalized spacial score (nSPS) is 26.6. The lowest BCUT2D eigenvalue weighted by atomic mass is 9.87. The fraction of sp³-hybridized carbons (Fsp3) is 0.476. The molecule has 2 aromatic rings. The molecule has 152 valence electrons. The summed E-state index contributed by atoms with van der Waals surface area (Å²) in [5.74, 6) is -0.0919. The molecule has 2 aliphatic rings. The van der Waals surface area contributed by atoms with Crippen LogP contribution in [0.5, 0.6) is 5.75 Å². The molecule has 0 spiro atoms. The van der Waals surface area contributed by atoms with E-state index < -0.39 is 18.0 Å². The van der Waals surface area contributed by atoms with Crippen LogP contribution < -0.4 is 10.1 Å². The average Bonchev–Trinajstić information content (AvgIpc) is 3.20. The number of carbonyl (C=O) groups excluding carboxylic acids is 1. The fourth-order valence-electron chi connectivity index (χ4n) is 4.10. The standard InChI is InChI=1S/C21H24FNO3S.ClH/c1-12-10-14-19(27-12)9-6-13(20(14)24)11-23-16-7-8-18(21(16)25)26-17-5-3-2-4-15(17)22;/h2-5,10,13,16,18,21,23,25H,6-9,11H2,1H3;1H. The van der Waals surface area contributed by atoms with Crippen molar-refractivity contribution in [3.63, 3.8) is 0 Å². The van der Waals surface area contributed by atoms with E-state index in [1.165, 1.54) is 15.8 Å². The first-order chi connectivity index (χ1) is 13.0. The lowest BCUT2D eigenvalue weighted by Crippen LogP contribution is -2.44. The average molecular weight is 426 g/mol. The van der Waals surface area contributed by atoms with Crippen LogP contribution >= 0.6 is 23.7 Å². The van der Waals surface area contributed by atoms with Gasteiger partial charge < -0.3 is 15.2 Å². The minimum Gasteiger partial charge on any atom is -0.485 e. The van der Waals surface area contributed by atoms with Crippen LogP contribution in [-0.2, 0) is 6.42 Å². The van der Waals surface area contributed by atoms with Gasteiger partial charge in [0, 0.05) is 33.8 Å². The molecule has 1 aromatic heterocycles. The zero-order valence-electron chi connectivity index (χ0n) is 15.7. The topological polar surface area (TPSA) is 58.6 Å². The van der Waals surface area contributed by atoms with Crippen molar-refractivity contribution in [1.29, 1.82) is 0 Å². The molecule has 4 unspecified atom stereocenters. The maximum atomic E-state index is 13.8. The van der Waals surface area contributed by atoms with Gasteiger partial charge in [0.15, 0.2) is 17.3 Å². The van der Waals surface area contributed by atoms with Gasteiger partial charge in [-0.25, -0.2) is 4.39 Å². The number of benzene rings is 1. The molecule has 28 heavy (non-hydrogen) atoms. The summed E-state index contributed by atoms with van der Waals surface area (Å²) in [5.41, 5.74) is 0.878. The Morgan fingerprint density at radius 1 is 1.29 bits per heavy atom. The molecule has 0 aliphatic heterocycles. The number of rotatable bonds is 5. The highest BCUT2D eigenvalue weighted by atomic mass is 35.5. The molecule has 1 fully saturated rings. The first-order valence-electron chi connectivity index (χ1n) is 9.49. The lowest BCUT2D eigenvalue weighted by Gasteiger charge is -2.25. The number of para-hydroxylation sites is 1. The molecule has 0 saturated heterocycles. The van der Waals surface area contributed by atoms with Crippen molar-refractivity contribution in [2.45, 2.75) is 50.9 Å². The Morgan fingerprint density at radius 2 is 2.07 bits per heavy atom. The predicted molar refractivity (Wildman–Crippen MR) is 110 cm³/mol. The highest BCUT2D eigenvalue weighted by molar-refractivity contribution is 7.12. The Bertz CT molecular complexity index is 843. The summed E-state index contributed by atoms with van der Waals surface area (Å²) in [6, 6.07) is 8.10. The number of hydrogen-bond donors (Lipinski definition) is 2. The molecule has 1 saturated carbocycles. The number of carbonyl (C=O) groups is 1. The molecule has 0 amide bonds. The number of nitrogens with one attached hydrogen (secondary N) is 1. The van der Waals surface area contributed by atoms with Crippen molar-refractivity contribution >= 4 is 29.5 Å².